The fourth-order valence-corrected chi connectivity index (χ4v) is 2.23. The Hall–Kier alpha value is -2.01. The highest BCUT2D eigenvalue weighted by Crippen LogP contribution is 2.37. The van der Waals surface area contributed by atoms with E-state index >= 15 is 0 Å². The summed E-state index contributed by atoms with van der Waals surface area (Å²) >= 11 is 3.41. The van der Waals surface area contributed by atoms with Gasteiger partial charge < -0.3 is 14.7 Å². The summed E-state index contributed by atoms with van der Waals surface area (Å²) in [5.41, 5.74) is 9.17. The Bertz CT molecular complexity index is 713. The van der Waals surface area contributed by atoms with Gasteiger partial charge in [-0.25, -0.2) is 0 Å². The number of furan rings is 1. The first-order chi connectivity index (χ1) is 9.15. The van der Waals surface area contributed by atoms with E-state index in [2.05, 4.69) is 21.1 Å². The first-order valence-corrected chi connectivity index (χ1v) is 6.51. The van der Waals surface area contributed by atoms with E-state index in [0.29, 0.717) is 11.6 Å². The van der Waals surface area contributed by atoms with Gasteiger partial charge >= 0.3 is 0 Å². The third kappa shape index (κ3) is 2.17. The minimum absolute atomic E-state index is 0.302. The topological polar surface area (TPSA) is 65.2 Å². The maximum absolute atomic E-state index is 5.88. The van der Waals surface area contributed by atoms with Crippen LogP contribution in [0.1, 0.15) is 5.76 Å². The van der Waals surface area contributed by atoms with E-state index in [1.807, 2.05) is 37.3 Å². The number of hydrogen-bond donors (Lipinski definition) is 1. The van der Waals surface area contributed by atoms with E-state index in [9.17, 15) is 0 Å². The van der Waals surface area contributed by atoms with Crippen LogP contribution >= 0.6 is 15.9 Å². The number of benzene rings is 1. The lowest BCUT2D eigenvalue weighted by Gasteiger charge is -2.01. The molecule has 1 aromatic carbocycles. The number of anilines is 1. The van der Waals surface area contributed by atoms with Gasteiger partial charge in [-0.2, -0.15) is 0 Å². The number of rotatable bonds is 2. The van der Waals surface area contributed by atoms with Crippen LogP contribution in [0.2, 0.25) is 0 Å². The van der Waals surface area contributed by atoms with Crippen molar-refractivity contribution in [3.05, 3.63) is 46.8 Å². The summed E-state index contributed by atoms with van der Waals surface area (Å²) in [4.78, 5) is 0. The molecular formula is C14H11BrN2O2. The van der Waals surface area contributed by atoms with Gasteiger partial charge in [-0.05, 0) is 30.7 Å². The lowest BCUT2D eigenvalue weighted by molar-refractivity contribution is 0.439. The van der Waals surface area contributed by atoms with Crippen LogP contribution in [0.3, 0.4) is 0 Å². The van der Waals surface area contributed by atoms with Crippen molar-refractivity contribution in [2.45, 2.75) is 6.92 Å². The standard InChI is InChI=1S/C14H11BrN2O2/c1-8-6-10(7-18-8)13-12(14(16)19-17-13)9-2-4-11(15)5-3-9/h2-7H,16H2,1H3. The van der Waals surface area contributed by atoms with E-state index in [0.717, 1.165) is 26.9 Å². The molecule has 2 heterocycles. The second-order valence-corrected chi connectivity index (χ2v) is 5.14. The third-order valence-electron chi connectivity index (χ3n) is 2.86. The highest BCUT2D eigenvalue weighted by Gasteiger charge is 2.18. The average molecular weight is 319 g/mol. The summed E-state index contributed by atoms with van der Waals surface area (Å²) < 4.78 is 11.4. The molecule has 0 amide bonds. The summed E-state index contributed by atoms with van der Waals surface area (Å²) in [5, 5.41) is 4.03. The zero-order valence-corrected chi connectivity index (χ0v) is 11.8. The van der Waals surface area contributed by atoms with Crippen LogP contribution in [0.25, 0.3) is 22.4 Å². The van der Waals surface area contributed by atoms with E-state index < -0.39 is 0 Å². The molecule has 5 heteroatoms. The SMILES string of the molecule is Cc1cc(-c2noc(N)c2-c2ccc(Br)cc2)co1. The lowest BCUT2D eigenvalue weighted by Crippen LogP contribution is -1.86. The molecule has 3 aromatic rings. The molecule has 0 unspecified atom stereocenters. The number of hydrogen-bond acceptors (Lipinski definition) is 4. The molecular weight excluding hydrogens is 308 g/mol. The molecule has 2 N–H and O–H groups in total. The second kappa shape index (κ2) is 4.59. The molecule has 0 atom stereocenters. The van der Waals surface area contributed by atoms with Crippen LogP contribution in [0.4, 0.5) is 5.88 Å². The Labute approximate surface area is 118 Å². The van der Waals surface area contributed by atoms with Crippen molar-refractivity contribution in [1.82, 2.24) is 5.16 Å². The Balaban J connectivity index is 2.16. The van der Waals surface area contributed by atoms with Gasteiger partial charge in [0, 0.05) is 10.0 Å². The van der Waals surface area contributed by atoms with E-state index in [1.54, 1.807) is 6.26 Å². The van der Waals surface area contributed by atoms with Crippen molar-refractivity contribution in [2.75, 3.05) is 5.73 Å². The molecule has 2 aromatic heterocycles. The molecule has 0 fully saturated rings. The van der Waals surface area contributed by atoms with Gasteiger partial charge in [0.05, 0.1) is 5.56 Å². The molecule has 4 nitrogen and oxygen atoms in total. The summed E-state index contributed by atoms with van der Waals surface area (Å²) in [5.74, 6) is 1.12. The zero-order chi connectivity index (χ0) is 13.4. The smallest absolute Gasteiger partial charge is 0.230 e. The van der Waals surface area contributed by atoms with Crippen molar-refractivity contribution in [2.24, 2.45) is 0 Å². The van der Waals surface area contributed by atoms with Crippen molar-refractivity contribution in [3.63, 3.8) is 0 Å². The van der Waals surface area contributed by atoms with Gasteiger partial charge in [0.1, 0.15) is 17.7 Å². The predicted octanol–water partition coefficient (Wildman–Crippen LogP) is 4.25. The van der Waals surface area contributed by atoms with Gasteiger partial charge in [0.2, 0.25) is 5.88 Å². The van der Waals surface area contributed by atoms with Gasteiger partial charge in [0.15, 0.2) is 0 Å². The van der Waals surface area contributed by atoms with Gasteiger partial charge in [0.25, 0.3) is 0 Å². The quantitative estimate of drug-likeness (QED) is 0.766. The molecule has 0 radical (unpaired) electrons. The number of nitrogens with two attached hydrogens (primary N) is 1. The Morgan fingerprint density at radius 1 is 1.16 bits per heavy atom. The molecule has 0 aliphatic heterocycles. The summed E-state index contributed by atoms with van der Waals surface area (Å²) in [6.07, 6.45) is 1.65. The van der Waals surface area contributed by atoms with Gasteiger partial charge in [-0.3, -0.25) is 0 Å². The second-order valence-electron chi connectivity index (χ2n) is 4.22. The fraction of sp³-hybridized carbons (Fsp3) is 0.0714. The number of nitrogen functional groups attached to an aromatic ring is 1. The molecule has 0 aliphatic carbocycles. The van der Waals surface area contributed by atoms with E-state index in [1.165, 1.54) is 0 Å². The summed E-state index contributed by atoms with van der Waals surface area (Å²) in [6, 6.07) is 9.73. The van der Waals surface area contributed by atoms with Crippen molar-refractivity contribution in [1.29, 1.82) is 0 Å². The molecule has 19 heavy (non-hydrogen) atoms. The number of aryl methyl sites for hydroxylation is 1. The zero-order valence-electron chi connectivity index (χ0n) is 10.2. The Kier molecular flexibility index (Phi) is 2.91. The fourth-order valence-electron chi connectivity index (χ4n) is 1.96. The number of nitrogens with zero attached hydrogens (tertiary/aromatic N) is 1. The maximum atomic E-state index is 5.88. The van der Waals surface area contributed by atoms with Crippen LogP contribution in [-0.4, -0.2) is 5.16 Å². The average Bonchev–Trinajstić information content (AvgIpc) is 2.97. The molecule has 0 saturated carbocycles. The summed E-state index contributed by atoms with van der Waals surface area (Å²) in [7, 11) is 0. The highest BCUT2D eigenvalue weighted by atomic mass is 79.9. The van der Waals surface area contributed by atoms with Crippen molar-refractivity contribution in [3.8, 4) is 22.4 Å². The molecule has 96 valence electrons. The summed E-state index contributed by atoms with van der Waals surface area (Å²) in [6.45, 7) is 1.88. The van der Waals surface area contributed by atoms with Crippen LogP contribution in [0.15, 0.2) is 50.0 Å². The van der Waals surface area contributed by atoms with Crippen LogP contribution in [0, 0.1) is 6.92 Å². The molecule has 0 saturated heterocycles. The van der Waals surface area contributed by atoms with Gasteiger partial charge in [-0.1, -0.05) is 33.2 Å². The normalized spacial score (nSPS) is 10.8. The van der Waals surface area contributed by atoms with E-state index in [-0.39, 0.29) is 0 Å². The van der Waals surface area contributed by atoms with E-state index in [4.69, 9.17) is 14.7 Å². The number of halogens is 1. The molecule has 0 spiro atoms. The minimum Gasteiger partial charge on any atom is -0.469 e. The largest absolute Gasteiger partial charge is 0.469 e. The van der Waals surface area contributed by atoms with Gasteiger partial charge in [-0.15, -0.1) is 0 Å². The van der Waals surface area contributed by atoms with Crippen molar-refractivity contribution >= 4 is 21.8 Å². The highest BCUT2D eigenvalue weighted by molar-refractivity contribution is 9.10. The van der Waals surface area contributed by atoms with Crippen LogP contribution in [-0.2, 0) is 0 Å². The van der Waals surface area contributed by atoms with Crippen molar-refractivity contribution < 1.29 is 8.94 Å². The third-order valence-corrected chi connectivity index (χ3v) is 3.38. The maximum Gasteiger partial charge on any atom is 0.230 e. The first-order valence-electron chi connectivity index (χ1n) is 5.72. The van der Waals surface area contributed by atoms with Crippen LogP contribution < -0.4 is 5.73 Å². The monoisotopic (exact) mass is 318 g/mol. The first kappa shape index (κ1) is 12.0. The molecule has 0 aliphatic rings. The molecule has 3 rings (SSSR count). The Morgan fingerprint density at radius 2 is 1.89 bits per heavy atom. The minimum atomic E-state index is 0.302. The molecule has 0 bridgehead atoms. The Morgan fingerprint density at radius 3 is 2.53 bits per heavy atom. The van der Waals surface area contributed by atoms with Crippen LogP contribution in [0.5, 0.6) is 0 Å². The predicted molar refractivity (Wildman–Crippen MR) is 76.5 cm³/mol. The number of aromatic nitrogens is 1. The lowest BCUT2D eigenvalue weighted by atomic mass is 10.0.